The van der Waals surface area contributed by atoms with Crippen molar-refractivity contribution < 1.29 is 14.7 Å². The third-order valence-electron chi connectivity index (χ3n) is 6.99. The van der Waals surface area contributed by atoms with Crippen molar-refractivity contribution in [1.82, 2.24) is 15.2 Å². The molecule has 3 bridgehead atoms. The molecule has 1 aromatic heterocycles. The summed E-state index contributed by atoms with van der Waals surface area (Å²) in [4.78, 5) is 32.2. The van der Waals surface area contributed by atoms with Gasteiger partial charge in [0.2, 0.25) is 11.6 Å². The average Bonchev–Trinajstić information content (AvgIpc) is 3.12. The molecule has 7 rings (SSSR count). The number of allylic oxidation sites excluding steroid dienone is 2. The van der Waals surface area contributed by atoms with Crippen LogP contribution in [0.2, 0.25) is 0 Å². The van der Waals surface area contributed by atoms with Crippen LogP contribution >= 0.6 is 11.8 Å². The van der Waals surface area contributed by atoms with Crippen LogP contribution in [0.25, 0.3) is 0 Å². The van der Waals surface area contributed by atoms with Crippen LogP contribution in [0.3, 0.4) is 0 Å². The first-order valence-electron chi connectivity index (χ1n) is 8.71. The molecule has 0 radical (unpaired) electrons. The zero-order chi connectivity index (χ0) is 16.7. The Morgan fingerprint density at radius 1 is 1.36 bits per heavy atom. The van der Waals surface area contributed by atoms with Gasteiger partial charge in [0.1, 0.15) is 0 Å². The van der Waals surface area contributed by atoms with Gasteiger partial charge in [-0.1, -0.05) is 0 Å². The van der Waals surface area contributed by atoms with Gasteiger partial charge in [-0.15, -0.1) is 11.8 Å². The molecule has 2 aliphatic carbocycles. The van der Waals surface area contributed by atoms with Crippen molar-refractivity contribution in [3.8, 4) is 0 Å². The Balaban J connectivity index is 1.65. The summed E-state index contributed by atoms with van der Waals surface area (Å²) >= 11 is 1.65. The molecule has 6 nitrogen and oxygen atoms in total. The molecule has 1 spiro atoms. The number of carbonyl (C=O) groups is 2. The molecule has 4 aliphatic heterocycles. The van der Waals surface area contributed by atoms with E-state index in [1.165, 1.54) is 0 Å². The maximum atomic E-state index is 13.2. The molecule has 126 valence electrons. The van der Waals surface area contributed by atoms with E-state index in [1.54, 1.807) is 17.8 Å². The molecule has 2 fully saturated rings. The van der Waals surface area contributed by atoms with Crippen LogP contribution in [0.5, 0.6) is 0 Å². The maximum absolute atomic E-state index is 13.2. The fourth-order valence-corrected chi connectivity index (χ4v) is 7.57. The zero-order valence-electron chi connectivity index (χ0n) is 13.3. The van der Waals surface area contributed by atoms with Crippen LogP contribution in [-0.2, 0) is 11.2 Å². The number of carbonyl (C=O) groups excluding carboxylic acids is 2. The van der Waals surface area contributed by atoms with E-state index in [2.05, 4.69) is 10.3 Å². The van der Waals surface area contributed by atoms with E-state index in [9.17, 15) is 14.7 Å². The number of aromatic nitrogens is 1. The van der Waals surface area contributed by atoms with Gasteiger partial charge in [0.25, 0.3) is 0 Å². The average molecular weight is 353 g/mol. The lowest BCUT2D eigenvalue weighted by atomic mass is 9.57. The number of piperidine rings is 1. The Kier molecular flexibility index (Phi) is 1.95. The molecular formula is C18H15N3O3S. The van der Waals surface area contributed by atoms with E-state index in [0.717, 1.165) is 34.4 Å². The Morgan fingerprint density at radius 3 is 3.12 bits per heavy atom. The van der Waals surface area contributed by atoms with Crippen LogP contribution in [0.15, 0.2) is 28.4 Å². The van der Waals surface area contributed by atoms with E-state index >= 15 is 0 Å². The Morgan fingerprint density at radius 2 is 2.24 bits per heavy atom. The number of fused-ring (bicyclic) bond motifs is 3. The van der Waals surface area contributed by atoms with Crippen LogP contribution in [0.1, 0.15) is 40.5 Å². The van der Waals surface area contributed by atoms with Gasteiger partial charge >= 0.3 is 0 Å². The van der Waals surface area contributed by atoms with E-state index in [-0.39, 0.29) is 28.4 Å². The van der Waals surface area contributed by atoms with Crippen molar-refractivity contribution in [2.24, 2.45) is 5.41 Å². The van der Waals surface area contributed by atoms with Gasteiger partial charge in [-0.2, -0.15) is 0 Å². The molecule has 25 heavy (non-hydrogen) atoms. The molecule has 4 atom stereocenters. The minimum atomic E-state index is -1.46. The third kappa shape index (κ3) is 1.19. The molecule has 1 aromatic rings. The van der Waals surface area contributed by atoms with E-state index in [4.69, 9.17) is 0 Å². The van der Waals surface area contributed by atoms with E-state index < -0.39 is 5.72 Å². The van der Waals surface area contributed by atoms with Gasteiger partial charge in [0, 0.05) is 35.0 Å². The van der Waals surface area contributed by atoms with Gasteiger partial charge < -0.3 is 15.4 Å². The molecule has 0 saturated carbocycles. The Labute approximate surface area is 147 Å². The van der Waals surface area contributed by atoms with Crippen molar-refractivity contribution in [2.45, 2.75) is 36.4 Å². The summed E-state index contributed by atoms with van der Waals surface area (Å²) < 4.78 is 0. The second-order valence-corrected chi connectivity index (χ2v) is 9.21. The SMILES string of the molecule is O=C1C2=C3C4c5c(c[nH]c51)CCN4C1(O)CC34CC(N2)SC4=CC1=O. The van der Waals surface area contributed by atoms with Gasteiger partial charge in [0.15, 0.2) is 5.72 Å². The molecule has 4 unspecified atom stereocenters. The monoisotopic (exact) mass is 353 g/mol. The molecular weight excluding hydrogens is 338 g/mol. The van der Waals surface area contributed by atoms with Crippen molar-refractivity contribution in [3.63, 3.8) is 0 Å². The number of nitrogens with one attached hydrogen (secondary N) is 2. The van der Waals surface area contributed by atoms with E-state index in [0.29, 0.717) is 24.4 Å². The summed E-state index contributed by atoms with van der Waals surface area (Å²) in [6, 6.07) is -0.184. The van der Waals surface area contributed by atoms with Gasteiger partial charge in [-0.3, -0.25) is 14.5 Å². The number of hydrogen-bond acceptors (Lipinski definition) is 6. The Bertz CT molecular complexity index is 1010. The highest BCUT2D eigenvalue weighted by Crippen LogP contribution is 2.70. The maximum Gasteiger partial charge on any atom is 0.225 e. The lowest BCUT2D eigenvalue weighted by molar-refractivity contribution is -0.183. The smallest absolute Gasteiger partial charge is 0.225 e. The number of H-pyrrole nitrogens is 1. The predicted octanol–water partition coefficient (Wildman–Crippen LogP) is 0.976. The van der Waals surface area contributed by atoms with Crippen LogP contribution in [0.4, 0.5) is 0 Å². The summed E-state index contributed by atoms with van der Waals surface area (Å²) in [5.74, 6) is -0.172. The lowest BCUT2D eigenvalue weighted by Crippen LogP contribution is -2.67. The minimum Gasteiger partial charge on any atom is -0.370 e. The fourth-order valence-electron chi connectivity index (χ4n) is 6.06. The standard InChI is InChI=1S/C18H15N3O3S/c22-8-3-9-17-4-10(25-9)20-14-12(17)15-11-7(5-19-13(11)16(14)23)1-2-21(15)18(8,24)6-17/h3,5,10,15,19-20,24H,1-2,4,6H2. The normalized spacial score (nSPS) is 42.5. The van der Waals surface area contributed by atoms with Crippen LogP contribution in [0, 0.1) is 5.41 Å². The minimum absolute atomic E-state index is 0.0302. The van der Waals surface area contributed by atoms with Crippen LogP contribution < -0.4 is 5.32 Å². The zero-order valence-corrected chi connectivity index (χ0v) is 14.1. The summed E-state index contributed by atoms with van der Waals surface area (Å²) in [7, 11) is 0. The summed E-state index contributed by atoms with van der Waals surface area (Å²) in [6.07, 6.45) is 5.53. The molecule has 2 saturated heterocycles. The molecule has 7 heteroatoms. The highest BCUT2D eigenvalue weighted by molar-refractivity contribution is 8.04. The van der Waals surface area contributed by atoms with Crippen molar-refractivity contribution in [3.05, 3.63) is 45.3 Å². The number of hydrogen-bond donors (Lipinski definition) is 3. The van der Waals surface area contributed by atoms with E-state index in [1.807, 2.05) is 11.1 Å². The number of ketones is 2. The van der Waals surface area contributed by atoms with Crippen LogP contribution in [-0.4, -0.2) is 44.2 Å². The van der Waals surface area contributed by atoms with Crippen molar-refractivity contribution in [1.29, 1.82) is 0 Å². The topological polar surface area (TPSA) is 85.4 Å². The first-order valence-corrected chi connectivity index (χ1v) is 9.59. The number of nitrogens with zero attached hydrogens (tertiary/aromatic N) is 1. The van der Waals surface area contributed by atoms with Gasteiger partial charge in [-0.25, -0.2) is 0 Å². The second-order valence-electron chi connectivity index (χ2n) is 7.97. The number of aromatic amines is 1. The molecule has 0 aromatic carbocycles. The molecule has 5 heterocycles. The molecule has 6 aliphatic rings. The van der Waals surface area contributed by atoms with Gasteiger partial charge in [-0.05, 0) is 30.1 Å². The predicted molar refractivity (Wildman–Crippen MR) is 89.5 cm³/mol. The summed E-state index contributed by atoms with van der Waals surface area (Å²) in [6.45, 7) is 0.623. The fraction of sp³-hybridized carbons (Fsp3) is 0.444. The largest absolute Gasteiger partial charge is 0.370 e. The molecule has 3 N–H and O–H groups in total. The lowest BCUT2D eigenvalue weighted by Gasteiger charge is -2.60. The number of rotatable bonds is 0. The third-order valence-corrected chi connectivity index (χ3v) is 8.32. The highest BCUT2D eigenvalue weighted by atomic mass is 32.2. The summed E-state index contributed by atoms with van der Waals surface area (Å²) in [5.41, 5.74) is 2.72. The number of thioether (sulfide) groups is 1. The quantitative estimate of drug-likeness (QED) is 0.645. The first kappa shape index (κ1) is 13.4. The number of aliphatic hydroxyl groups is 1. The number of Topliss-reactive ketones (excluding diaryl/α,β-unsaturated/α-hetero) is 1. The second kappa shape index (κ2) is 3.65. The highest BCUT2D eigenvalue weighted by Gasteiger charge is 2.69. The Hall–Kier alpha value is -1.83. The van der Waals surface area contributed by atoms with Crippen molar-refractivity contribution >= 4 is 23.3 Å². The van der Waals surface area contributed by atoms with Gasteiger partial charge in [0.05, 0.1) is 22.8 Å². The first-order chi connectivity index (χ1) is 12.0. The molecule has 0 amide bonds. The van der Waals surface area contributed by atoms with Crippen molar-refractivity contribution in [2.75, 3.05) is 6.54 Å². The summed E-state index contributed by atoms with van der Waals surface area (Å²) in [5, 5.41) is 15.0.